The van der Waals surface area contributed by atoms with Gasteiger partial charge in [-0.1, -0.05) is 84.9 Å². The number of aromatic nitrogens is 1. The second-order valence-corrected chi connectivity index (χ2v) is 7.58. The van der Waals surface area contributed by atoms with Crippen molar-refractivity contribution in [1.29, 1.82) is 0 Å². The van der Waals surface area contributed by atoms with E-state index in [0.717, 1.165) is 44.3 Å². The maximum absolute atomic E-state index is 7.87. The number of rotatable bonds is 3. The van der Waals surface area contributed by atoms with Gasteiger partial charge in [-0.2, -0.15) is 0 Å². The summed E-state index contributed by atoms with van der Waals surface area (Å²) in [7, 11) is 0. The zero-order valence-corrected chi connectivity index (χ0v) is 16.7. The van der Waals surface area contributed by atoms with Gasteiger partial charge in [-0.05, 0) is 41.0 Å². The highest BCUT2D eigenvalue weighted by Gasteiger charge is 2.13. The molecule has 6 aromatic rings. The van der Waals surface area contributed by atoms with E-state index in [0.29, 0.717) is 6.04 Å². The quantitative estimate of drug-likeness (QED) is 0.302. The van der Waals surface area contributed by atoms with E-state index >= 15 is 0 Å². The van der Waals surface area contributed by atoms with Crippen LogP contribution >= 0.6 is 0 Å². The van der Waals surface area contributed by atoms with Crippen molar-refractivity contribution in [3.63, 3.8) is 0 Å². The Kier molecular flexibility index (Phi) is 3.89. The molecule has 0 atom stereocenters. The number of fused-ring (bicyclic) bond motifs is 3. The van der Waals surface area contributed by atoms with Crippen LogP contribution in [0.3, 0.4) is 0 Å². The van der Waals surface area contributed by atoms with Crippen LogP contribution in [-0.4, -0.2) is 4.98 Å². The fourth-order valence-electron chi connectivity index (χ4n) is 4.14. The number of hydrogen-bond donors (Lipinski definition) is 0. The molecule has 0 aliphatic rings. The highest BCUT2D eigenvalue weighted by atomic mass is 16.3. The van der Waals surface area contributed by atoms with Gasteiger partial charge in [0.15, 0.2) is 0 Å². The summed E-state index contributed by atoms with van der Waals surface area (Å²) in [4.78, 5) is 4.41. The van der Waals surface area contributed by atoms with E-state index in [4.69, 9.17) is 5.79 Å². The summed E-state index contributed by atoms with van der Waals surface area (Å²) < 4.78 is 14.2. The van der Waals surface area contributed by atoms with E-state index in [-0.39, 0.29) is 0 Å². The van der Waals surface area contributed by atoms with Crippen LogP contribution in [0.4, 0.5) is 0 Å². The van der Waals surface area contributed by atoms with Crippen LogP contribution in [0.15, 0.2) is 120 Å². The van der Waals surface area contributed by atoms with E-state index in [9.17, 15) is 0 Å². The molecule has 0 radical (unpaired) electrons. The molecule has 0 N–H and O–H groups in total. The van der Waals surface area contributed by atoms with Gasteiger partial charge in [0.05, 0.1) is 7.06 Å². The van der Waals surface area contributed by atoms with Gasteiger partial charge in [0.25, 0.3) is 0 Å². The van der Waals surface area contributed by atoms with Gasteiger partial charge in [0.2, 0.25) is 0 Å². The first-order chi connectivity index (χ1) is 15.8. The van der Waals surface area contributed by atoms with Crippen LogP contribution in [0.1, 0.15) is 1.37 Å². The minimum Gasteiger partial charge on any atom is -0.455 e. The summed E-state index contributed by atoms with van der Waals surface area (Å²) >= 11 is 0. The first kappa shape index (κ1) is 16.6. The number of hydrogen-bond acceptors (Lipinski definition) is 2. The minimum atomic E-state index is 0.445. The molecular formula is C29H19NO. The van der Waals surface area contributed by atoms with Crippen molar-refractivity contribution in [2.45, 2.75) is 0 Å². The maximum Gasteiger partial charge on any atom is 0.143 e. The van der Waals surface area contributed by atoms with Crippen LogP contribution in [0.2, 0.25) is 0 Å². The third kappa shape index (κ3) is 3.10. The highest BCUT2D eigenvalue weighted by molar-refractivity contribution is 6.10. The smallest absolute Gasteiger partial charge is 0.143 e. The molecule has 31 heavy (non-hydrogen) atoms. The van der Waals surface area contributed by atoms with Crippen LogP contribution in [0, 0.1) is 0 Å². The monoisotopic (exact) mass is 398 g/mol. The third-order valence-electron chi connectivity index (χ3n) is 5.70. The summed E-state index contributed by atoms with van der Waals surface area (Å²) in [6.07, 6.45) is 1.66. The predicted octanol–water partition coefficient (Wildman–Crippen LogP) is 7.98. The molecule has 0 saturated carbocycles. The van der Waals surface area contributed by atoms with Crippen LogP contribution in [-0.2, 0) is 0 Å². The molecule has 0 bridgehead atoms. The molecule has 0 spiro atoms. The lowest BCUT2D eigenvalue weighted by Crippen LogP contribution is -1.81. The third-order valence-corrected chi connectivity index (χ3v) is 5.70. The Hall–Kier alpha value is -4.17. The SMILES string of the molecule is [2H]c1ccnc(-c2ccc3c(c2)oc2c(-c4ccc(-c5ccccc5)cc4)cccc23)c1. The number of para-hydroxylation sites is 1. The summed E-state index contributed by atoms with van der Waals surface area (Å²) in [5.41, 5.74) is 8.02. The molecule has 2 nitrogen and oxygen atoms in total. The Labute approximate surface area is 181 Å². The summed E-state index contributed by atoms with van der Waals surface area (Å²) in [6, 6.07) is 35.3. The number of pyridine rings is 1. The zero-order chi connectivity index (χ0) is 21.5. The Morgan fingerprint density at radius 3 is 2.23 bits per heavy atom. The Morgan fingerprint density at radius 2 is 1.39 bits per heavy atom. The normalized spacial score (nSPS) is 11.7. The molecular weight excluding hydrogens is 378 g/mol. The average molecular weight is 398 g/mol. The largest absolute Gasteiger partial charge is 0.455 e. The van der Waals surface area contributed by atoms with Crippen LogP contribution < -0.4 is 0 Å². The fourth-order valence-corrected chi connectivity index (χ4v) is 4.14. The Balaban J connectivity index is 1.46. The first-order valence-electron chi connectivity index (χ1n) is 10.8. The first-order valence-corrected chi connectivity index (χ1v) is 10.3. The summed E-state index contributed by atoms with van der Waals surface area (Å²) in [5.74, 6) is 0. The number of furan rings is 1. The van der Waals surface area contributed by atoms with E-state index in [1.54, 1.807) is 18.3 Å². The molecule has 2 heteroatoms. The highest BCUT2D eigenvalue weighted by Crippen LogP contribution is 2.37. The van der Waals surface area contributed by atoms with Crippen molar-refractivity contribution in [2.75, 3.05) is 0 Å². The molecule has 146 valence electrons. The number of benzene rings is 4. The van der Waals surface area contributed by atoms with Gasteiger partial charge < -0.3 is 4.42 Å². The predicted molar refractivity (Wildman–Crippen MR) is 128 cm³/mol. The van der Waals surface area contributed by atoms with Gasteiger partial charge in [0, 0.05) is 28.1 Å². The van der Waals surface area contributed by atoms with Gasteiger partial charge in [-0.25, -0.2) is 0 Å². The topological polar surface area (TPSA) is 26.0 Å². The standard InChI is InChI=1S/C29H19NO/c1-2-7-20(8-3-1)21-12-14-22(15-13-21)24-9-6-10-26-25-17-16-23(19-28(25)31-29(24)26)27-11-4-5-18-30-27/h1-19H/i4D. The molecule has 2 heterocycles. The molecule has 0 saturated heterocycles. The van der Waals surface area contributed by atoms with Crippen molar-refractivity contribution in [3.05, 3.63) is 115 Å². The van der Waals surface area contributed by atoms with Gasteiger partial charge in [0.1, 0.15) is 11.2 Å². The van der Waals surface area contributed by atoms with E-state index in [1.807, 2.05) is 18.2 Å². The Bertz CT molecular complexity index is 1570. The summed E-state index contributed by atoms with van der Waals surface area (Å²) in [5, 5.41) is 2.17. The lowest BCUT2D eigenvalue weighted by atomic mass is 9.99. The van der Waals surface area contributed by atoms with Crippen LogP contribution in [0.25, 0.3) is 55.4 Å². The molecule has 6 rings (SSSR count). The molecule has 0 aliphatic heterocycles. The Morgan fingerprint density at radius 1 is 0.613 bits per heavy atom. The van der Waals surface area contributed by atoms with Crippen LogP contribution in [0.5, 0.6) is 0 Å². The molecule has 0 aliphatic carbocycles. The zero-order valence-electron chi connectivity index (χ0n) is 17.7. The van der Waals surface area contributed by atoms with Crippen molar-refractivity contribution in [2.24, 2.45) is 0 Å². The average Bonchev–Trinajstić information content (AvgIpc) is 3.23. The summed E-state index contributed by atoms with van der Waals surface area (Å²) in [6.45, 7) is 0. The van der Waals surface area contributed by atoms with Crippen molar-refractivity contribution in [3.8, 4) is 33.5 Å². The lowest BCUT2D eigenvalue weighted by molar-refractivity contribution is 0.670. The second-order valence-electron chi connectivity index (χ2n) is 7.58. The van der Waals surface area contributed by atoms with E-state index in [1.165, 1.54) is 11.1 Å². The molecule has 4 aromatic carbocycles. The van der Waals surface area contributed by atoms with E-state index in [2.05, 4.69) is 77.8 Å². The van der Waals surface area contributed by atoms with Crippen molar-refractivity contribution < 1.29 is 5.79 Å². The van der Waals surface area contributed by atoms with Gasteiger partial charge >= 0.3 is 0 Å². The molecule has 0 unspecified atom stereocenters. The second kappa shape index (κ2) is 7.26. The molecule has 2 aromatic heterocycles. The maximum atomic E-state index is 7.87. The van der Waals surface area contributed by atoms with E-state index < -0.39 is 0 Å². The van der Waals surface area contributed by atoms with Crippen molar-refractivity contribution in [1.82, 2.24) is 4.98 Å². The van der Waals surface area contributed by atoms with Gasteiger partial charge in [-0.3, -0.25) is 4.98 Å². The number of nitrogens with zero attached hydrogens (tertiary/aromatic N) is 1. The fraction of sp³-hybridized carbons (Fsp3) is 0. The van der Waals surface area contributed by atoms with Gasteiger partial charge in [-0.15, -0.1) is 0 Å². The minimum absolute atomic E-state index is 0.445. The molecule has 0 amide bonds. The lowest BCUT2D eigenvalue weighted by Gasteiger charge is -2.05. The van der Waals surface area contributed by atoms with Crippen molar-refractivity contribution >= 4 is 21.9 Å². The molecule has 0 fully saturated rings.